The van der Waals surface area contributed by atoms with Crippen LogP contribution in [-0.2, 0) is 9.53 Å². The summed E-state index contributed by atoms with van der Waals surface area (Å²) in [4.78, 5) is 24.8. The Morgan fingerprint density at radius 3 is 2.33 bits per heavy atom. The Morgan fingerprint density at radius 2 is 2.00 bits per heavy atom. The number of methoxy groups -OCH3 is 1. The number of amides is 2. The number of carboxylic acid groups (broad SMARTS) is 1. The maximum Gasteiger partial charge on any atom is 0.329 e. The van der Waals surface area contributed by atoms with Crippen LogP contribution in [0.1, 0.15) is 34.1 Å². The van der Waals surface area contributed by atoms with E-state index < -0.39 is 11.5 Å². The first kappa shape index (κ1) is 16.7. The summed E-state index contributed by atoms with van der Waals surface area (Å²) in [5.74, 6) is -1.03. The number of nitrogens with zero attached hydrogens (tertiary/aromatic N) is 1. The van der Waals surface area contributed by atoms with Crippen LogP contribution in [0.15, 0.2) is 0 Å². The van der Waals surface area contributed by atoms with Crippen LogP contribution in [0.25, 0.3) is 0 Å². The molecule has 0 aliphatic carbocycles. The molecule has 0 radical (unpaired) electrons. The number of aliphatic carboxylic acids is 1. The van der Waals surface area contributed by atoms with Gasteiger partial charge in [-0.15, -0.1) is 0 Å². The van der Waals surface area contributed by atoms with Crippen molar-refractivity contribution < 1.29 is 19.4 Å². The van der Waals surface area contributed by atoms with Gasteiger partial charge in [0.25, 0.3) is 0 Å². The van der Waals surface area contributed by atoms with Gasteiger partial charge in [-0.1, -0.05) is 6.92 Å². The highest BCUT2D eigenvalue weighted by atomic mass is 16.5. The van der Waals surface area contributed by atoms with E-state index >= 15 is 0 Å². The molecule has 0 spiro atoms. The van der Waals surface area contributed by atoms with Gasteiger partial charge in [-0.2, -0.15) is 0 Å². The predicted octanol–water partition coefficient (Wildman–Crippen LogP) is 1.31. The van der Waals surface area contributed by atoms with E-state index in [1.807, 2.05) is 13.8 Å². The van der Waals surface area contributed by atoms with E-state index in [0.717, 1.165) is 0 Å². The molecule has 0 aliphatic heterocycles. The molecule has 18 heavy (non-hydrogen) atoms. The summed E-state index contributed by atoms with van der Waals surface area (Å²) < 4.78 is 4.94. The molecule has 1 atom stereocenters. The van der Waals surface area contributed by atoms with Crippen LogP contribution in [-0.4, -0.2) is 53.8 Å². The molecule has 6 nitrogen and oxygen atoms in total. The van der Waals surface area contributed by atoms with Crippen molar-refractivity contribution in [1.29, 1.82) is 0 Å². The summed E-state index contributed by atoms with van der Waals surface area (Å²) in [6, 6.07) is -0.399. The number of hydrogen-bond acceptors (Lipinski definition) is 3. The second-order valence-corrected chi connectivity index (χ2v) is 4.70. The monoisotopic (exact) mass is 260 g/mol. The topological polar surface area (TPSA) is 78.9 Å². The summed E-state index contributed by atoms with van der Waals surface area (Å²) in [5, 5.41) is 11.7. The Bertz CT molecular complexity index is 294. The Balaban J connectivity index is 4.73. The molecule has 0 aromatic rings. The molecule has 2 N–H and O–H groups in total. The lowest BCUT2D eigenvalue weighted by atomic mass is 10.00. The Labute approximate surface area is 108 Å². The number of nitrogens with one attached hydrogen (secondary N) is 1. The maximum atomic E-state index is 12.1. The number of urea groups is 1. The van der Waals surface area contributed by atoms with Gasteiger partial charge in [0.05, 0.1) is 6.61 Å². The molecule has 0 saturated heterocycles. The van der Waals surface area contributed by atoms with Crippen LogP contribution in [0.4, 0.5) is 4.79 Å². The quantitative estimate of drug-likeness (QED) is 0.723. The van der Waals surface area contributed by atoms with Gasteiger partial charge < -0.3 is 20.1 Å². The smallest absolute Gasteiger partial charge is 0.329 e. The molecule has 0 saturated carbocycles. The van der Waals surface area contributed by atoms with Crippen molar-refractivity contribution in [2.24, 2.45) is 0 Å². The molecule has 6 heteroatoms. The lowest BCUT2D eigenvalue weighted by molar-refractivity contribution is -0.143. The van der Waals surface area contributed by atoms with Gasteiger partial charge in [0, 0.05) is 19.7 Å². The van der Waals surface area contributed by atoms with Gasteiger partial charge in [0.1, 0.15) is 5.54 Å². The number of hydrogen-bond donors (Lipinski definition) is 2. The van der Waals surface area contributed by atoms with Crippen LogP contribution in [0.5, 0.6) is 0 Å². The first-order valence-electron chi connectivity index (χ1n) is 6.09. The zero-order valence-electron chi connectivity index (χ0n) is 11.8. The fourth-order valence-corrected chi connectivity index (χ4v) is 1.38. The highest BCUT2D eigenvalue weighted by Gasteiger charge is 2.34. The molecule has 0 aromatic heterocycles. The number of carboxylic acids is 1. The van der Waals surface area contributed by atoms with E-state index in [4.69, 9.17) is 9.84 Å². The molecule has 0 aromatic carbocycles. The van der Waals surface area contributed by atoms with Gasteiger partial charge >= 0.3 is 12.0 Å². The van der Waals surface area contributed by atoms with E-state index in [0.29, 0.717) is 19.6 Å². The van der Waals surface area contributed by atoms with Gasteiger partial charge in [0.15, 0.2) is 0 Å². The van der Waals surface area contributed by atoms with Crippen LogP contribution >= 0.6 is 0 Å². The fourth-order valence-electron chi connectivity index (χ4n) is 1.38. The average Bonchev–Trinajstić information content (AvgIpc) is 2.28. The van der Waals surface area contributed by atoms with Crippen LogP contribution in [0.3, 0.4) is 0 Å². The first-order chi connectivity index (χ1) is 8.28. The van der Waals surface area contributed by atoms with Gasteiger partial charge in [0.2, 0.25) is 0 Å². The third kappa shape index (κ3) is 4.52. The highest BCUT2D eigenvalue weighted by molar-refractivity contribution is 5.85. The van der Waals surface area contributed by atoms with E-state index in [-0.39, 0.29) is 12.1 Å². The van der Waals surface area contributed by atoms with Crippen molar-refractivity contribution in [3.63, 3.8) is 0 Å². The lowest BCUT2D eigenvalue weighted by Gasteiger charge is -2.32. The standard InChI is InChI=1S/C12H24N2O4/c1-6-12(4,10(15)16)13-11(17)14(9(2)3)7-8-18-5/h9H,6-8H2,1-5H3,(H,13,17)(H,15,16). The number of carbonyl (C=O) groups excluding carboxylic acids is 1. The Kier molecular flexibility index (Phi) is 6.68. The van der Waals surface area contributed by atoms with Crippen LogP contribution in [0, 0.1) is 0 Å². The van der Waals surface area contributed by atoms with Crippen LogP contribution < -0.4 is 5.32 Å². The molecular formula is C12H24N2O4. The van der Waals surface area contributed by atoms with Gasteiger partial charge in [-0.05, 0) is 27.2 Å². The lowest BCUT2D eigenvalue weighted by Crippen LogP contribution is -2.57. The summed E-state index contributed by atoms with van der Waals surface area (Å²) in [6.07, 6.45) is 0.324. The molecule has 0 bridgehead atoms. The third-order valence-corrected chi connectivity index (χ3v) is 2.98. The molecular weight excluding hydrogens is 236 g/mol. The zero-order chi connectivity index (χ0) is 14.3. The Morgan fingerprint density at radius 1 is 1.44 bits per heavy atom. The molecule has 106 valence electrons. The van der Waals surface area contributed by atoms with Crippen molar-refractivity contribution in [3.05, 3.63) is 0 Å². The summed E-state index contributed by atoms with van der Waals surface area (Å²) in [7, 11) is 1.56. The van der Waals surface area contributed by atoms with Crippen molar-refractivity contribution in [2.45, 2.75) is 45.7 Å². The number of ether oxygens (including phenoxy) is 1. The minimum Gasteiger partial charge on any atom is -0.480 e. The summed E-state index contributed by atoms with van der Waals surface area (Å²) in [5.41, 5.74) is -1.24. The molecule has 1 unspecified atom stereocenters. The van der Waals surface area contributed by atoms with Crippen molar-refractivity contribution >= 4 is 12.0 Å². The summed E-state index contributed by atoms with van der Waals surface area (Å²) in [6.45, 7) is 7.82. The average molecular weight is 260 g/mol. The van der Waals surface area contributed by atoms with Crippen LogP contribution in [0.2, 0.25) is 0 Å². The molecule has 0 fully saturated rings. The zero-order valence-corrected chi connectivity index (χ0v) is 11.8. The minimum atomic E-state index is -1.24. The normalized spacial score (nSPS) is 14.1. The third-order valence-electron chi connectivity index (χ3n) is 2.98. The fraction of sp³-hybridized carbons (Fsp3) is 0.833. The second kappa shape index (κ2) is 7.20. The predicted molar refractivity (Wildman–Crippen MR) is 68.6 cm³/mol. The van der Waals surface area contributed by atoms with E-state index in [2.05, 4.69) is 5.32 Å². The van der Waals surface area contributed by atoms with E-state index in [9.17, 15) is 9.59 Å². The van der Waals surface area contributed by atoms with E-state index in [1.165, 1.54) is 6.92 Å². The first-order valence-corrected chi connectivity index (χ1v) is 6.09. The molecule has 0 heterocycles. The van der Waals surface area contributed by atoms with Gasteiger partial charge in [-0.25, -0.2) is 9.59 Å². The van der Waals surface area contributed by atoms with Crippen molar-refractivity contribution in [2.75, 3.05) is 20.3 Å². The molecule has 0 aliphatic rings. The van der Waals surface area contributed by atoms with Crippen molar-refractivity contribution in [1.82, 2.24) is 10.2 Å². The largest absolute Gasteiger partial charge is 0.480 e. The number of rotatable bonds is 7. The molecule has 0 rings (SSSR count). The maximum absolute atomic E-state index is 12.1. The SMILES string of the molecule is CCC(C)(NC(=O)N(CCOC)C(C)C)C(=O)O. The minimum absolute atomic E-state index is 0.0185. The highest BCUT2D eigenvalue weighted by Crippen LogP contribution is 2.11. The number of carbonyl (C=O) groups is 2. The summed E-state index contributed by atoms with van der Waals surface area (Å²) >= 11 is 0. The Hall–Kier alpha value is -1.30. The molecule has 2 amide bonds. The van der Waals surface area contributed by atoms with Gasteiger partial charge in [-0.3, -0.25) is 0 Å². The second-order valence-electron chi connectivity index (χ2n) is 4.70. The van der Waals surface area contributed by atoms with Crippen molar-refractivity contribution in [3.8, 4) is 0 Å². The van der Waals surface area contributed by atoms with E-state index in [1.54, 1.807) is 18.9 Å².